The van der Waals surface area contributed by atoms with E-state index >= 15 is 0 Å². The normalized spacial score (nSPS) is 14.0. The minimum absolute atomic E-state index is 0.0909. The van der Waals surface area contributed by atoms with Crippen LogP contribution >= 0.6 is 0 Å². The molecule has 6 heteroatoms. The van der Waals surface area contributed by atoms with E-state index in [-0.39, 0.29) is 23.4 Å². The summed E-state index contributed by atoms with van der Waals surface area (Å²) in [5.74, 6) is 1.18. The van der Waals surface area contributed by atoms with Crippen molar-refractivity contribution in [2.75, 3.05) is 13.1 Å². The van der Waals surface area contributed by atoms with Crippen molar-refractivity contribution in [3.63, 3.8) is 0 Å². The largest absolute Gasteiger partial charge is 0.457 e. The van der Waals surface area contributed by atoms with Gasteiger partial charge >= 0.3 is 0 Å². The summed E-state index contributed by atoms with van der Waals surface area (Å²) in [5.41, 5.74) is 0.278. The highest BCUT2D eigenvalue weighted by Crippen LogP contribution is 2.24. The molecule has 2 amide bonds. The van der Waals surface area contributed by atoms with Gasteiger partial charge in [-0.05, 0) is 31.0 Å². The van der Waals surface area contributed by atoms with Gasteiger partial charge in [0.1, 0.15) is 17.2 Å². The van der Waals surface area contributed by atoms with Crippen LogP contribution in [0.5, 0.6) is 11.5 Å². The molecule has 6 nitrogen and oxygen atoms in total. The van der Waals surface area contributed by atoms with Crippen LogP contribution in [0.1, 0.15) is 36.2 Å². The quantitative estimate of drug-likeness (QED) is 0.750. The smallest absolute Gasteiger partial charge is 0.270 e. The Kier molecular flexibility index (Phi) is 6.19. The first kappa shape index (κ1) is 17.9. The third kappa shape index (κ3) is 5.05. The third-order valence-corrected chi connectivity index (χ3v) is 4.38. The zero-order chi connectivity index (χ0) is 18.2. The van der Waals surface area contributed by atoms with Gasteiger partial charge in [0.15, 0.2) is 0 Å². The number of para-hydroxylation sites is 1. The lowest BCUT2D eigenvalue weighted by Crippen LogP contribution is -2.37. The van der Waals surface area contributed by atoms with Crippen molar-refractivity contribution in [3.05, 3.63) is 54.4 Å². The Labute approximate surface area is 153 Å². The number of rotatable bonds is 7. The van der Waals surface area contributed by atoms with Crippen LogP contribution in [0.4, 0.5) is 0 Å². The molecule has 136 valence electrons. The van der Waals surface area contributed by atoms with Crippen LogP contribution in [0.25, 0.3) is 0 Å². The van der Waals surface area contributed by atoms with Crippen LogP contribution in [0.3, 0.4) is 0 Å². The van der Waals surface area contributed by atoms with E-state index in [1.54, 1.807) is 12.1 Å². The van der Waals surface area contributed by atoms with Crippen LogP contribution in [-0.4, -0.2) is 29.9 Å². The molecule has 0 saturated heterocycles. The molecule has 26 heavy (non-hydrogen) atoms. The fourth-order valence-corrected chi connectivity index (χ4v) is 3.01. The predicted octanol–water partition coefficient (Wildman–Crippen LogP) is 2.91. The van der Waals surface area contributed by atoms with Gasteiger partial charge in [-0.1, -0.05) is 31.0 Å². The lowest BCUT2D eigenvalue weighted by atomic mass is 10.1. The summed E-state index contributed by atoms with van der Waals surface area (Å²) in [6, 6.07) is 12.6. The highest BCUT2D eigenvalue weighted by atomic mass is 16.5. The zero-order valence-electron chi connectivity index (χ0n) is 14.6. The predicted molar refractivity (Wildman–Crippen MR) is 98.1 cm³/mol. The summed E-state index contributed by atoms with van der Waals surface area (Å²) >= 11 is 0. The van der Waals surface area contributed by atoms with Crippen LogP contribution in [0, 0.1) is 5.92 Å². The fraction of sp³-hybridized carbons (Fsp3) is 0.350. The van der Waals surface area contributed by atoms with Gasteiger partial charge in [-0.15, -0.1) is 0 Å². The monoisotopic (exact) mass is 353 g/mol. The fourth-order valence-electron chi connectivity index (χ4n) is 3.01. The molecule has 0 bridgehead atoms. The summed E-state index contributed by atoms with van der Waals surface area (Å²) in [7, 11) is 0. The molecule has 2 N–H and O–H groups in total. The van der Waals surface area contributed by atoms with E-state index in [1.165, 1.54) is 6.20 Å². The molecule has 1 aliphatic carbocycles. The van der Waals surface area contributed by atoms with Crippen molar-refractivity contribution < 1.29 is 14.3 Å². The van der Waals surface area contributed by atoms with Gasteiger partial charge in [-0.2, -0.15) is 0 Å². The standard InChI is InChI=1S/C20H23N3O3/c24-19(15-6-4-5-7-15)22-12-13-23-20(25)18-14-17(10-11-21-18)26-16-8-2-1-3-9-16/h1-3,8-11,14-15H,4-7,12-13H2,(H,22,24)(H,23,25). The highest BCUT2D eigenvalue weighted by molar-refractivity contribution is 5.92. The van der Waals surface area contributed by atoms with Gasteiger partial charge in [0, 0.05) is 31.3 Å². The van der Waals surface area contributed by atoms with Crippen molar-refractivity contribution in [1.29, 1.82) is 0 Å². The molecule has 0 radical (unpaired) electrons. The molecule has 0 spiro atoms. The molecule has 3 rings (SSSR count). The SMILES string of the molecule is O=C(NCCNC(=O)C1CCCC1)c1cc(Oc2ccccc2)ccn1. The van der Waals surface area contributed by atoms with E-state index in [1.807, 2.05) is 30.3 Å². The second kappa shape index (κ2) is 8.99. The maximum Gasteiger partial charge on any atom is 0.270 e. The number of aromatic nitrogens is 1. The first-order valence-electron chi connectivity index (χ1n) is 8.97. The number of carbonyl (C=O) groups excluding carboxylic acids is 2. The second-order valence-electron chi connectivity index (χ2n) is 6.32. The summed E-state index contributed by atoms with van der Waals surface area (Å²) in [6.45, 7) is 0.782. The number of ether oxygens (including phenoxy) is 1. The molecule has 0 unspecified atom stereocenters. The minimum atomic E-state index is -0.293. The van der Waals surface area contributed by atoms with Crippen molar-refractivity contribution in [3.8, 4) is 11.5 Å². The highest BCUT2D eigenvalue weighted by Gasteiger charge is 2.21. The summed E-state index contributed by atoms with van der Waals surface area (Å²) in [6.07, 6.45) is 5.73. The number of amides is 2. The first-order valence-corrected chi connectivity index (χ1v) is 8.97. The van der Waals surface area contributed by atoms with E-state index in [2.05, 4.69) is 15.6 Å². The van der Waals surface area contributed by atoms with Gasteiger partial charge < -0.3 is 15.4 Å². The first-order chi connectivity index (χ1) is 12.7. The lowest BCUT2D eigenvalue weighted by Gasteiger charge is -2.11. The van der Waals surface area contributed by atoms with Gasteiger partial charge in [0.25, 0.3) is 5.91 Å². The number of nitrogens with one attached hydrogen (secondary N) is 2. The average molecular weight is 353 g/mol. The van der Waals surface area contributed by atoms with E-state index in [0.29, 0.717) is 24.6 Å². The van der Waals surface area contributed by atoms with E-state index in [9.17, 15) is 9.59 Å². The Morgan fingerprint density at radius 3 is 2.50 bits per heavy atom. The van der Waals surface area contributed by atoms with Crippen LogP contribution in [-0.2, 0) is 4.79 Å². The molecule has 2 aromatic rings. The Balaban J connectivity index is 1.45. The molecular weight excluding hydrogens is 330 g/mol. The summed E-state index contributed by atoms with van der Waals surface area (Å²) < 4.78 is 5.71. The number of pyridine rings is 1. The molecule has 0 atom stereocenters. The molecular formula is C20H23N3O3. The van der Waals surface area contributed by atoms with Gasteiger partial charge in [0.05, 0.1) is 0 Å². The molecule has 1 fully saturated rings. The molecule has 1 aromatic heterocycles. The minimum Gasteiger partial charge on any atom is -0.457 e. The topological polar surface area (TPSA) is 80.3 Å². The van der Waals surface area contributed by atoms with Crippen LogP contribution in [0.15, 0.2) is 48.7 Å². The van der Waals surface area contributed by atoms with Crippen molar-refractivity contribution >= 4 is 11.8 Å². The van der Waals surface area contributed by atoms with Crippen molar-refractivity contribution in [1.82, 2.24) is 15.6 Å². The van der Waals surface area contributed by atoms with E-state index in [4.69, 9.17) is 4.74 Å². The Morgan fingerprint density at radius 2 is 1.73 bits per heavy atom. The maximum absolute atomic E-state index is 12.2. The van der Waals surface area contributed by atoms with Crippen LogP contribution < -0.4 is 15.4 Å². The van der Waals surface area contributed by atoms with Crippen molar-refractivity contribution in [2.24, 2.45) is 5.92 Å². The average Bonchev–Trinajstić information content (AvgIpc) is 3.21. The molecule has 1 saturated carbocycles. The summed E-state index contributed by atoms with van der Waals surface area (Å²) in [4.78, 5) is 28.2. The molecule has 1 aromatic carbocycles. The van der Waals surface area contributed by atoms with Gasteiger partial charge in [0.2, 0.25) is 5.91 Å². The Hall–Kier alpha value is -2.89. The number of nitrogens with zero attached hydrogens (tertiary/aromatic N) is 1. The van der Waals surface area contributed by atoms with Crippen LogP contribution in [0.2, 0.25) is 0 Å². The molecule has 0 aliphatic heterocycles. The van der Waals surface area contributed by atoms with E-state index in [0.717, 1.165) is 25.7 Å². The molecule has 1 heterocycles. The number of hydrogen-bond acceptors (Lipinski definition) is 4. The number of hydrogen-bond donors (Lipinski definition) is 2. The Bertz CT molecular complexity index is 743. The Morgan fingerprint density at radius 1 is 1.00 bits per heavy atom. The van der Waals surface area contributed by atoms with Gasteiger partial charge in [-0.3, -0.25) is 14.6 Å². The molecule has 1 aliphatic rings. The number of benzene rings is 1. The van der Waals surface area contributed by atoms with Crippen molar-refractivity contribution in [2.45, 2.75) is 25.7 Å². The zero-order valence-corrected chi connectivity index (χ0v) is 14.6. The maximum atomic E-state index is 12.2. The second-order valence-corrected chi connectivity index (χ2v) is 6.32. The number of carbonyl (C=O) groups is 2. The third-order valence-electron chi connectivity index (χ3n) is 4.38. The van der Waals surface area contributed by atoms with Gasteiger partial charge in [-0.25, -0.2) is 0 Å². The lowest BCUT2D eigenvalue weighted by molar-refractivity contribution is -0.124. The van der Waals surface area contributed by atoms with E-state index < -0.39 is 0 Å². The summed E-state index contributed by atoms with van der Waals surface area (Å²) in [5, 5.41) is 5.64.